The topological polar surface area (TPSA) is 74.1 Å². The van der Waals surface area contributed by atoms with Gasteiger partial charge in [0.15, 0.2) is 0 Å². The van der Waals surface area contributed by atoms with E-state index in [1.165, 1.54) is 0 Å². The van der Waals surface area contributed by atoms with Crippen molar-refractivity contribution in [1.29, 1.82) is 0 Å². The van der Waals surface area contributed by atoms with Gasteiger partial charge >= 0.3 is 11.9 Å². The van der Waals surface area contributed by atoms with E-state index in [1.807, 2.05) is 36.4 Å². The molecule has 2 heterocycles. The van der Waals surface area contributed by atoms with Crippen molar-refractivity contribution in [2.75, 3.05) is 0 Å². The first kappa shape index (κ1) is 11.3. The maximum Gasteiger partial charge on any atom is 0.320 e. The fourth-order valence-electron chi connectivity index (χ4n) is 3.00. The molecule has 1 aliphatic carbocycles. The molecule has 0 radical (unpaired) electrons. The molecule has 1 fully saturated rings. The molecule has 0 N–H and O–H groups in total. The highest BCUT2D eigenvalue weighted by atomic mass is 16.6. The lowest BCUT2D eigenvalue weighted by Crippen LogP contribution is -2.30. The lowest BCUT2D eigenvalue weighted by atomic mass is 9.81. The minimum atomic E-state index is -0.502. The molecule has 0 amide bonds. The maximum absolute atomic E-state index is 11.9. The van der Waals surface area contributed by atoms with Crippen LogP contribution < -0.4 is 0 Å². The lowest BCUT2D eigenvalue weighted by molar-refractivity contribution is -0.153. The molecule has 100 valence electrons. The van der Waals surface area contributed by atoms with Crippen molar-refractivity contribution in [3.05, 3.63) is 36.4 Å². The van der Waals surface area contributed by atoms with Crippen LogP contribution in [0.5, 0.6) is 0 Å². The SMILES string of the molecule is O=C1OC(=O)C2C1CC=CC2n1nnc2ccccc21. The Hall–Kier alpha value is -2.50. The predicted molar refractivity (Wildman–Crippen MR) is 68.4 cm³/mol. The van der Waals surface area contributed by atoms with Crippen molar-refractivity contribution >= 4 is 23.0 Å². The van der Waals surface area contributed by atoms with E-state index in [0.29, 0.717) is 6.42 Å². The minimum absolute atomic E-state index is 0.319. The number of allylic oxidation sites excluding steroid dienone is 2. The van der Waals surface area contributed by atoms with Crippen molar-refractivity contribution < 1.29 is 14.3 Å². The van der Waals surface area contributed by atoms with Gasteiger partial charge in [0.25, 0.3) is 0 Å². The summed E-state index contributed by atoms with van der Waals surface area (Å²) in [6, 6.07) is 7.22. The zero-order valence-electron chi connectivity index (χ0n) is 10.5. The molecule has 20 heavy (non-hydrogen) atoms. The molecule has 0 spiro atoms. The number of aromatic nitrogens is 3. The summed E-state index contributed by atoms with van der Waals surface area (Å²) in [4.78, 5) is 23.6. The predicted octanol–water partition coefficient (Wildman–Crippen LogP) is 1.25. The summed E-state index contributed by atoms with van der Waals surface area (Å²) in [5.41, 5.74) is 1.61. The van der Waals surface area contributed by atoms with Crippen molar-refractivity contribution in [2.45, 2.75) is 12.5 Å². The fourth-order valence-corrected chi connectivity index (χ4v) is 3.00. The molecule has 1 aliphatic heterocycles. The number of nitrogens with zero attached hydrogens (tertiary/aromatic N) is 3. The zero-order chi connectivity index (χ0) is 13.7. The van der Waals surface area contributed by atoms with Crippen LogP contribution in [0.25, 0.3) is 11.0 Å². The van der Waals surface area contributed by atoms with Crippen molar-refractivity contribution in [1.82, 2.24) is 15.0 Å². The van der Waals surface area contributed by atoms with E-state index in [2.05, 4.69) is 10.3 Å². The van der Waals surface area contributed by atoms with E-state index in [1.54, 1.807) is 4.68 Å². The number of benzene rings is 1. The summed E-state index contributed by atoms with van der Waals surface area (Å²) >= 11 is 0. The first-order valence-corrected chi connectivity index (χ1v) is 6.48. The number of esters is 2. The monoisotopic (exact) mass is 269 g/mol. The number of ether oxygens (including phenoxy) is 1. The van der Waals surface area contributed by atoms with E-state index < -0.39 is 23.8 Å². The Balaban J connectivity index is 1.85. The molecule has 2 aromatic rings. The minimum Gasteiger partial charge on any atom is -0.393 e. The molecule has 1 aromatic heterocycles. The van der Waals surface area contributed by atoms with E-state index >= 15 is 0 Å². The highest BCUT2D eigenvalue weighted by Gasteiger charge is 2.49. The van der Waals surface area contributed by atoms with Crippen LogP contribution in [0.3, 0.4) is 0 Å². The first-order valence-electron chi connectivity index (χ1n) is 6.48. The molecule has 2 aliphatic rings. The van der Waals surface area contributed by atoms with Gasteiger partial charge < -0.3 is 4.74 Å². The molecular weight excluding hydrogens is 258 g/mol. The third-order valence-corrected chi connectivity index (χ3v) is 3.96. The van der Waals surface area contributed by atoms with E-state index in [-0.39, 0.29) is 6.04 Å². The van der Waals surface area contributed by atoms with Crippen molar-refractivity contribution in [2.24, 2.45) is 11.8 Å². The second-order valence-electron chi connectivity index (χ2n) is 5.05. The standard InChI is InChI=1S/C14H11N3O3/c18-13-8-4-3-7-11(12(8)14(19)20-13)17-10-6-2-1-5-9(10)15-16-17/h1-3,5-8,11-12H,4H2. The van der Waals surface area contributed by atoms with Gasteiger partial charge in [0.2, 0.25) is 0 Å². The number of carbonyl (C=O) groups is 2. The van der Waals surface area contributed by atoms with E-state index in [9.17, 15) is 9.59 Å². The fraction of sp³-hybridized carbons (Fsp3) is 0.286. The summed E-state index contributed by atoms with van der Waals surface area (Å²) in [7, 11) is 0. The second-order valence-corrected chi connectivity index (χ2v) is 5.05. The van der Waals surface area contributed by atoms with Gasteiger partial charge in [0, 0.05) is 0 Å². The summed E-state index contributed by atoms with van der Waals surface area (Å²) in [6.45, 7) is 0. The van der Waals surface area contributed by atoms with Crippen LogP contribution in [0.4, 0.5) is 0 Å². The number of fused-ring (bicyclic) bond motifs is 2. The molecular formula is C14H11N3O3. The first-order chi connectivity index (χ1) is 9.75. The number of hydrogen-bond acceptors (Lipinski definition) is 5. The number of cyclic esters (lactones) is 2. The Morgan fingerprint density at radius 1 is 1.20 bits per heavy atom. The average Bonchev–Trinajstić information content (AvgIpc) is 3.01. The Morgan fingerprint density at radius 2 is 2.05 bits per heavy atom. The molecule has 4 rings (SSSR count). The van der Waals surface area contributed by atoms with Gasteiger partial charge in [-0.05, 0) is 18.6 Å². The molecule has 0 saturated carbocycles. The average molecular weight is 269 g/mol. The molecule has 3 unspecified atom stereocenters. The Kier molecular flexibility index (Phi) is 2.26. The van der Waals surface area contributed by atoms with Gasteiger partial charge in [-0.3, -0.25) is 9.59 Å². The van der Waals surface area contributed by atoms with Crippen LogP contribution in [-0.2, 0) is 14.3 Å². The van der Waals surface area contributed by atoms with Crippen LogP contribution in [0.2, 0.25) is 0 Å². The Bertz CT molecular complexity index is 749. The zero-order valence-corrected chi connectivity index (χ0v) is 10.5. The normalized spacial score (nSPS) is 28.7. The molecule has 0 bridgehead atoms. The van der Waals surface area contributed by atoms with Gasteiger partial charge in [-0.25, -0.2) is 4.68 Å². The summed E-state index contributed by atoms with van der Waals surface area (Å²) in [5.74, 6) is -1.80. The Morgan fingerprint density at radius 3 is 2.95 bits per heavy atom. The van der Waals surface area contributed by atoms with Gasteiger partial charge in [-0.15, -0.1) is 5.10 Å². The lowest BCUT2D eigenvalue weighted by Gasteiger charge is -2.24. The van der Waals surface area contributed by atoms with Gasteiger partial charge in [0.05, 0.1) is 23.4 Å². The van der Waals surface area contributed by atoms with Crippen LogP contribution >= 0.6 is 0 Å². The highest BCUT2D eigenvalue weighted by Crippen LogP contribution is 2.40. The summed E-state index contributed by atoms with van der Waals surface area (Å²) in [5, 5.41) is 8.23. The second kappa shape index (κ2) is 4.00. The molecule has 1 aromatic carbocycles. The summed E-state index contributed by atoms with van der Waals surface area (Å²) in [6.07, 6.45) is 4.35. The Labute approximate surface area is 114 Å². The molecule has 1 saturated heterocycles. The number of carbonyl (C=O) groups excluding carboxylic acids is 2. The number of rotatable bonds is 1. The van der Waals surface area contributed by atoms with Crippen molar-refractivity contribution in [3.8, 4) is 0 Å². The summed E-state index contributed by atoms with van der Waals surface area (Å²) < 4.78 is 6.47. The van der Waals surface area contributed by atoms with E-state index in [4.69, 9.17) is 4.74 Å². The molecule has 6 nitrogen and oxygen atoms in total. The van der Waals surface area contributed by atoms with Crippen LogP contribution in [0.15, 0.2) is 36.4 Å². The van der Waals surface area contributed by atoms with Crippen LogP contribution in [0.1, 0.15) is 12.5 Å². The van der Waals surface area contributed by atoms with Crippen molar-refractivity contribution in [3.63, 3.8) is 0 Å². The molecule has 6 heteroatoms. The smallest absolute Gasteiger partial charge is 0.320 e. The molecule has 3 atom stereocenters. The third kappa shape index (κ3) is 1.44. The van der Waals surface area contributed by atoms with Crippen LogP contribution in [0, 0.1) is 11.8 Å². The number of para-hydroxylation sites is 1. The highest BCUT2D eigenvalue weighted by molar-refractivity contribution is 5.97. The maximum atomic E-state index is 11.9. The van der Waals surface area contributed by atoms with E-state index in [0.717, 1.165) is 11.0 Å². The van der Waals surface area contributed by atoms with Gasteiger partial charge in [-0.2, -0.15) is 0 Å². The van der Waals surface area contributed by atoms with Crippen LogP contribution in [-0.4, -0.2) is 26.9 Å². The van der Waals surface area contributed by atoms with Gasteiger partial charge in [0.1, 0.15) is 5.52 Å². The van der Waals surface area contributed by atoms with Gasteiger partial charge in [-0.1, -0.05) is 29.5 Å². The number of hydrogen-bond donors (Lipinski definition) is 0. The quantitative estimate of drug-likeness (QED) is 0.442. The largest absolute Gasteiger partial charge is 0.393 e. The third-order valence-electron chi connectivity index (χ3n) is 3.96.